The maximum Gasteiger partial charge on any atom is 0.339 e. The summed E-state index contributed by atoms with van der Waals surface area (Å²) in [7, 11) is 1.56. The minimum atomic E-state index is -0.933. The highest BCUT2D eigenvalue weighted by molar-refractivity contribution is 7.21. The number of aromatic nitrogens is 1. The molecule has 0 aliphatic rings. The predicted octanol–water partition coefficient (Wildman–Crippen LogP) is 5.55. The molecule has 1 atom stereocenters. The molecule has 6 nitrogen and oxygen atoms in total. The molecule has 0 bridgehead atoms. The van der Waals surface area contributed by atoms with Crippen molar-refractivity contribution in [2.75, 3.05) is 12.4 Å². The average Bonchev–Trinajstić information content (AvgIpc) is 3.26. The number of fused-ring (bicyclic) bond motifs is 1. The van der Waals surface area contributed by atoms with Crippen LogP contribution in [-0.2, 0) is 9.53 Å². The molecule has 7 heteroatoms. The van der Waals surface area contributed by atoms with Crippen LogP contribution in [0.1, 0.15) is 23.7 Å². The molecule has 0 aliphatic heterocycles. The lowest BCUT2D eigenvalue weighted by Crippen LogP contribution is -2.32. The molecule has 32 heavy (non-hydrogen) atoms. The van der Waals surface area contributed by atoms with E-state index in [2.05, 4.69) is 10.3 Å². The highest BCUT2D eigenvalue weighted by Gasteiger charge is 2.24. The van der Waals surface area contributed by atoms with Crippen LogP contribution in [0.25, 0.3) is 20.8 Å². The average molecular weight is 447 g/mol. The summed E-state index contributed by atoms with van der Waals surface area (Å²) in [4.78, 5) is 30.4. The third kappa shape index (κ3) is 4.63. The first-order valence-corrected chi connectivity index (χ1v) is 11.0. The Balaban J connectivity index is 1.54. The highest BCUT2D eigenvalue weighted by atomic mass is 32.1. The number of carbonyl (C=O) groups is 2. The van der Waals surface area contributed by atoms with Crippen LogP contribution in [0.15, 0.2) is 72.8 Å². The van der Waals surface area contributed by atoms with Crippen LogP contribution in [0.3, 0.4) is 0 Å². The van der Waals surface area contributed by atoms with Crippen molar-refractivity contribution in [1.29, 1.82) is 0 Å². The van der Waals surface area contributed by atoms with E-state index in [-0.39, 0.29) is 0 Å². The lowest BCUT2D eigenvalue weighted by atomic mass is 10.1. The lowest BCUT2D eigenvalue weighted by molar-refractivity contribution is -0.124. The Labute approximate surface area is 189 Å². The van der Waals surface area contributed by atoms with Gasteiger partial charge in [0.05, 0.1) is 22.9 Å². The van der Waals surface area contributed by atoms with Crippen molar-refractivity contribution in [1.82, 2.24) is 4.98 Å². The summed E-state index contributed by atoms with van der Waals surface area (Å²) in [6, 6.07) is 22.0. The number of ether oxygens (including phenoxy) is 2. The molecule has 0 spiro atoms. The Bertz CT molecular complexity index is 1230. The SMILES string of the molecule is CCC(OC(=O)c1ccccc1-c1nc2ccccc2s1)C(=O)Nc1cccc(OC)c1. The Morgan fingerprint density at radius 1 is 1.03 bits per heavy atom. The molecule has 4 aromatic rings. The van der Waals surface area contributed by atoms with Gasteiger partial charge in [-0.2, -0.15) is 0 Å². The van der Waals surface area contributed by atoms with Gasteiger partial charge >= 0.3 is 5.97 Å². The minimum absolute atomic E-state index is 0.338. The quantitative estimate of drug-likeness (QED) is 0.377. The van der Waals surface area contributed by atoms with E-state index in [1.165, 1.54) is 11.3 Å². The first-order chi connectivity index (χ1) is 15.6. The maximum absolute atomic E-state index is 13.0. The Morgan fingerprint density at radius 3 is 2.59 bits per heavy atom. The Kier molecular flexibility index (Phi) is 6.47. The van der Waals surface area contributed by atoms with Gasteiger partial charge in [0.2, 0.25) is 0 Å². The van der Waals surface area contributed by atoms with E-state index >= 15 is 0 Å². The summed E-state index contributed by atoms with van der Waals surface area (Å²) in [5, 5.41) is 3.51. The van der Waals surface area contributed by atoms with Gasteiger partial charge in [-0.3, -0.25) is 4.79 Å². The molecule has 0 aliphatic carbocycles. The van der Waals surface area contributed by atoms with Gasteiger partial charge in [0.25, 0.3) is 5.91 Å². The number of hydrogen-bond acceptors (Lipinski definition) is 6. The second-order valence-corrected chi connectivity index (χ2v) is 8.09. The van der Waals surface area contributed by atoms with Gasteiger partial charge in [0, 0.05) is 17.3 Å². The molecule has 3 aromatic carbocycles. The van der Waals surface area contributed by atoms with Crippen LogP contribution in [-0.4, -0.2) is 30.1 Å². The van der Waals surface area contributed by atoms with E-state index in [4.69, 9.17) is 9.47 Å². The normalized spacial score (nSPS) is 11.7. The highest BCUT2D eigenvalue weighted by Crippen LogP contribution is 2.32. The van der Waals surface area contributed by atoms with E-state index in [0.717, 1.165) is 15.2 Å². The second-order valence-electron chi connectivity index (χ2n) is 7.06. The van der Waals surface area contributed by atoms with E-state index in [1.54, 1.807) is 50.4 Å². The van der Waals surface area contributed by atoms with E-state index < -0.39 is 18.0 Å². The number of rotatable bonds is 7. The molecule has 0 fully saturated rings. The number of nitrogens with zero attached hydrogens (tertiary/aromatic N) is 1. The van der Waals surface area contributed by atoms with Crippen LogP contribution in [0.4, 0.5) is 5.69 Å². The third-order valence-electron chi connectivity index (χ3n) is 4.92. The first-order valence-electron chi connectivity index (χ1n) is 10.2. The van der Waals surface area contributed by atoms with Crippen LogP contribution < -0.4 is 10.1 Å². The summed E-state index contributed by atoms with van der Waals surface area (Å²) >= 11 is 1.51. The standard InChI is InChI=1S/C25H22N2O4S/c1-3-21(23(28)26-16-9-8-10-17(15-16)30-2)31-25(29)19-12-5-4-11-18(19)24-27-20-13-6-7-14-22(20)32-24/h4-15,21H,3H2,1-2H3,(H,26,28). The third-order valence-corrected chi connectivity index (χ3v) is 5.99. The number of thiazole rings is 1. The van der Waals surface area contributed by atoms with Crippen molar-refractivity contribution in [3.63, 3.8) is 0 Å². The number of benzene rings is 3. The second kappa shape index (κ2) is 9.62. The van der Waals surface area contributed by atoms with Crippen LogP contribution >= 0.6 is 11.3 Å². The molecule has 0 saturated carbocycles. The van der Waals surface area contributed by atoms with Gasteiger partial charge in [0.15, 0.2) is 6.10 Å². The summed E-state index contributed by atoms with van der Waals surface area (Å²) < 4.78 is 11.8. The topological polar surface area (TPSA) is 77.5 Å². The van der Waals surface area contributed by atoms with Gasteiger partial charge < -0.3 is 14.8 Å². The molecule has 4 rings (SSSR count). The van der Waals surface area contributed by atoms with E-state index in [0.29, 0.717) is 29.0 Å². The largest absolute Gasteiger partial charge is 0.497 e. The molecular formula is C25H22N2O4S. The van der Waals surface area contributed by atoms with Crippen LogP contribution in [0, 0.1) is 0 Å². The Hall–Kier alpha value is -3.71. The van der Waals surface area contributed by atoms with Crippen molar-refractivity contribution >= 4 is 39.1 Å². The van der Waals surface area contributed by atoms with Gasteiger partial charge in [0.1, 0.15) is 10.8 Å². The maximum atomic E-state index is 13.0. The Morgan fingerprint density at radius 2 is 1.81 bits per heavy atom. The minimum Gasteiger partial charge on any atom is -0.497 e. The number of nitrogens with one attached hydrogen (secondary N) is 1. The molecule has 1 amide bonds. The molecule has 1 unspecified atom stereocenters. The number of esters is 1. The number of methoxy groups -OCH3 is 1. The molecule has 0 radical (unpaired) electrons. The number of amides is 1. The van der Waals surface area contributed by atoms with Gasteiger partial charge in [-0.05, 0) is 36.8 Å². The predicted molar refractivity (Wildman–Crippen MR) is 126 cm³/mol. The van der Waals surface area contributed by atoms with Gasteiger partial charge in [-0.1, -0.05) is 43.3 Å². The fourth-order valence-electron chi connectivity index (χ4n) is 3.27. The summed E-state index contributed by atoms with van der Waals surface area (Å²) in [5.41, 5.74) is 2.50. The molecule has 0 saturated heterocycles. The van der Waals surface area contributed by atoms with Gasteiger partial charge in [-0.25, -0.2) is 9.78 Å². The zero-order valence-corrected chi connectivity index (χ0v) is 18.5. The molecular weight excluding hydrogens is 424 g/mol. The van der Waals surface area contributed by atoms with Crippen LogP contribution in [0.5, 0.6) is 5.75 Å². The summed E-state index contributed by atoms with van der Waals surface area (Å²) in [5.74, 6) is -0.336. The van der Waals surface area contributed by atoms with Crippen molar-refractivity contribution in [2.45, 2.75) is 19.4 Å². The molecule has 1 aromatic heterocycles. The van der Waals surface area contributed by atoms with Crippen molar-refractivity contribution in [3.8, 4) is 16.3 Å². The van der Waals surface area contributed by atoms with Gasteiger partial charge in [-0.15, -0.1) is 11.3 Å². The molecule has 1 N–H and O–H groups in total. The smallest absolute Gasteiger partial charge is 0.339 e. The summed E-state index contributed by atoms with van der Waals surface area (Å²) in [6.07, 6.45) is -0.595. The fourth-order valence-corrected chi connectivity index (χ4v) is 4.28. The van der Waals surface area contributed by atoms with E-state index in [1.807, 2.05) is 36.4 Å². The number of hydrogen-bond donors (Lipinski definition) is 1. The zero-order valence-electron chi connectivity index (χ0n) is 17.7. The fraction of sp³-hybridized carbons (Fsp3) is 0.160. The number of para-hydroxylation sites is 1. The lowest BCUT2D eigenvalue weighted by Gasteiger charge is -2.17. The zero-order chi connectivity index (χ0) is 22.5. The molecule has 162 valence electrons. The van der Waals surface area contributed by atoms with Crippen molar-refractivity contribution in [2.24, 2.45) is 0 Å². The number of anilines is 1. The van der Waals surface area contributed by atoms with Crippen molar-refractivity contribution < 1.29 is 19.1 Å². The first kappa shape index (κ1) is 21.5. The van der Waals surface area contributed by atoms with Crippen molar-refractivity contribution in [3.05, 3.63) is 78.4 Å². The van der Waals surface area contributed by atoms with E-state index in [9.17, 15) is 9.59 Å². The monoisotopic (exact) mass is 446 g/mol. The number of carbonyl (C=O) groups excluding carboxylic acids is 2. The summed E-state index contributed by atoms with van der Waals surface area (Å²) in [6.45, 7) is 1.79. The van der Waals surface area contributed by atoms with Crippen LogP contribution in [0.2, 0.25) is 0 Å². The molecule has 1 heterocycles.